The maximum atomic E-state index is 14.7. The first-order valence-corrected chi connectivity index (χ1v) is 27.7. The summed E-state index contributed by atoms with van der Waals surface area (Å²) >= 11 is 3.39. The van der Waals surface area contributed by atoms with Crippen molar-refractivity contribution in [3.63, 3.8) is 0 Å². The predicted molar refractivity (Wildman–Crippen MR) is 312 cm³/mol. The molecule has 0 amide bonds. The van der Waals surface area contributed by atoms with Gasteiger partial charge in [-0.15, -0.1) is 23.1 Å². The van der Waals surface area contributed by atoms with Crippen LogP contribution in [0.2, 0.25) is 0 Å². The Labute approximate surface area is 456 Å². The SMILES string of the molecule is O=C(/C=C/N1CCC(COC(=O)CC2(Oc3ccccc3)C=C3/C=C4/C=CC(=N4)/C(c4ccccc4)=c4/cc/c(s4)=C(\c4ccccc4)C4=N/C(=C(/c5ccccc5)C2S3)C=C4)CC1)Oc1ccc(-c2ccccc2)cc1. The summed E-state index contributed by atoms with van der Waals surface area (Å²) in [4.78, 5) is 41.5. The van der Waals surface area contributed by atoms with Crippen molar-refractivity contribution in [1.82, 2.24) is 4.90 Å². The van der Waals surface area contributed by atoms with Crippen molar-refractivity contribution < 1.29 is 23.8 Å². The van der Waals surface area contributed by atoms with Crippen molar-refractivity contribution >= 4 is 63.2 Å². The molecule has 6 aromatic carbocycles. The van der Waals surface area contributed by atoms with E-state index in [1.807, 2.05) is 115 Å². The van der Waals surface area contributed by atoms with E-state index in [1.54, 1.807) is 29.3 Å². The first-order chi connectivity index (χ1) is 37.9. The highest BCUT2D eigenvalue weighted by Crippen LogP contribution is 2.52. The Hall–Kier alpha value is -8.57. The second-order valence-corrected chi connectivity index (χ2v) is 21.7. The number of hydrogen-bond acceptors (Lipinski definition) is 10. The molecule has 0 spiro atoms. The van der Waals surface area contributed by atoms with Crippen molar-refractivity contribution in [2.75, 3.05) is 19.7 Å². The number of allylic oxidation sites excluding steroid dienone is 5. The van der Waals surface area contributed by atoms with Gasteiger partial charge >= 0.3 is 11.9 Å². The number of thioether (sulfide) groups is 1. The largest absolute Gasteiger partial charge is 0.481 e. The van der Waals surface area contributed by atoms with Gasteiger partial charge in [0.2, 0.25) is 0 Å². The van der Waals surface area contributed by atoms with Crippen LogP contribution >= 0.6 is 23.1 Å². The maximum absolute atomic E-state index is 14.7. The number of benzene rings is 6. The number of rotatable bonds is 13. The molecule has 2 unspecified atom stereocenters. The molecule has 77 heavy (non-hydrogen) atoms. The van der Waals surface area contributed by atoms with Gasteiger partial charge in [0.05, 0.1) is 41.1 Å². The number of carbonyl (C=O) groups is 2. The highest BCUT2D eigenvalue weighted by Gasteiger charge is 2.50. The van der Waals surface area contributed by atoms with Crippen LogP contribution in [-0.2, 0) is 14.3 Å². The zero-order chi connectivity index (χ0) is 52.0. The van der Waals surface area contributed by atoms with Crippen molar-refractivity contribution in [3.05, 3.63) is 279 Å². The molecule has 5 aliphatic heterocycles. The number of nitrogens with zero attached hydrogens (tertiary/aromatic N) is 3. The van der Waals surface area contributed by atoms with Crippen LogP contribution in [0.1, 0.15) is 36.0 Å². The van der Waals surface area contributed by atoms with Crippen molar-refractivity contribution in [1.29, 1.82) is 0 Å². The second kappa shape index (κ2) is 22.3. The average molecular weight is 1040 g/mol. The molecule has 5 aliphatic rings. The average Bonchev–Trinajstić information content (AvgIpc) is 4.42. The van der Waals surface area contributed by atoms with Gasteiger partial charge in [-0.2, -0.15) is 0 Å². The molecular formula is C67H53N3O5S2. The summed E-state index contributed by atoms with van der Waals surface area (Å²) in [5.74, 6) is 0.468. The van der Waals surface area contributed by atoms with Crippen molar-refractivity contribution in [2.24, 2.45) is 15.9 Å². The smallest absolute Gasteiger partial charge is 0.337 e. The van der Waals surface area contributed by atoms with E-state index in [9.17, 15) is 9.59 Å². The van der Waals surface area contributed by atoms with Crippen LogP contribution in [0.15, 0.2) is 263 Å². The number of hydrogen-bond donors (Lipinski definition) is 0. The number of thiophene rings is 1. The van der Waals surface area contributed by atoms with Crippen LogP contribution < -0.4 is 18.5 Å². The Morgan fingerprint density at radius 3 is 1.79 bits per heavy atom. The molecule has 2 atom stereocenters. The molecule has 1 aromatic heterocycles. The molecule has 6 heterocycles. The molecule has 8 bridgehead atoms. The number of likely N-dealkylation sites (tertiary alicyclic amines) is 1. The van der Waals surface area contributed by atoms with E-state index in [4.69, 9.17) is 24.2 Å². The lowest BCUT2D eigenvalue weighted by Gasteiger charge is -2.36. The summed E-state index contributed by atoms with van der Waals surface area (Å²) in [5, 5.41) is -0.468. The summed E-state index contributed by atoms with van der Waals surface area (Å²) in [5.41, 5.74) is 10.4. The van der Waals surface area contributed by atoms with E-state index >= 15 is 0 Å². The van der Waals surface area contributed by atoms with Gasteiger partial charge in [-0.25, -0.2) is 14.8 Å². The minimum Gasteiger partial charge on any atom is -0.481 e. The number of fused-ring (bicyclic) bond motifs is 6. The Balaban J connectivity index is 0.857. The Morgan fingerprint density at radius 2 is 1.16 bits per heavy atom. The van der Waals surface area contributed by atoms with Crippen LogP contribution in [0, 0.1) is 5.92 Å². The number of para-hydroxylation sites is 1. The molecule has 0 N–H and O–H groups in total. The molecule has 12 rings (SSSR count). The molecular weight excluding hydrogens is 991 g/mol. The van der Waals surface area contributed by atoms with Gasteiger partial charge in [0.15, 0.2) is 5.60 Å². The third-order valence-corrected chi connectivity index (χ3v) is 16.7. The number of esters is 2. The molecule has 0 radical (unpaired) electrons. The van der Waals surface area contributed by atoms with E-state index < -0.39 is 16.8 Å². The molecule has 378 valence electrons. The second-order valence-electron chi connectivity index (χ2n) is 19.4. The van der Waals surface area contributed by atoms with E-state index in [-0.39, 0.29) is 24.9 Å². The lowest BCUT2D eigenvalue weighted by Crippen LogP contribution is -2.45. The molecule has 8 nitrogen and oxygen atoms in total. The minimum absolute atomic E-state index is 0.0653. The zero-order valence-corrected chi connectivity index (χ0v) is 43.7. The van der Waals surface area contributed by atoms with Gasteiger partial charge in [-0.05, 0) is 119 Å². The molecule has 7 aromatic rings. The quantitative estimate of drug-likeness (QED) is 0.0645. The summed E-state index contributed by atoms with van der Waals surface area (Å²) in [7, 11) is 0. The third kappa shape index (κ3) is 11.1. The van der Waals surface area contributed by atoms with Crippen molar-refractivity contribution in [2.45, 2.75) is 30.1 Å². The topological polar surface area (TPSA) is 89.8 Å². The maximum Gasteiger partial charge on any atom is 0.337 e. The van der Waals surface area contributed by atoms with Crippen LogP contribution in [-0.4, -0.2) is 58.8 Å². The minimum atomic E-state index is -1.23. The van der Waals surface area contributed by atoms with Crippen LogP contribution in [0.3, 0.4) is 0 Å². The zero-order valence-electron chi connectivity index (χ0n) is 42.1. The summed E-state index contributed by atoms with van der Waals surface area (Å²) in [6.45, 7) is 1.69. The van der Waals surface area contributed by atoms with E-state index in [1.165, 1.54) is 6.08 Å². The van der Waals surface area contributed by atoms with Gasteiger partial charge in [0.25, 0.3) is 0 Å². The third-order valence-electron chi connectivity index (χ3n) is 14.2. The molecule has 10 heteroatoms. The molecule has 1 fully saturated rings. The normalized spacial score (nSPS) is 22.0. The fourth-order valence-electron chi connectivity index (χ4n) is 10.4. The highest BCUT2D eigenvalue weighted by atomic mass is 32.2. The van der Waals surface area contributed by atoms with Crippen LogP contribution in [0.5, 0.6) is 11.5 Å². The van der Waals surface area contributed by atoms with Crippen molar-refractivity contribution in [3.8, 4) is 22.6 Å². The first kappa shape index (κ1) is 49.3. The van der Waals surface area contributed by atoms with Gasteiger partial charge in [0, 0.05) is 56.1 Å². The number of carbonyl (C=O) groups excluding carboxylic acids is 2. The van der Waals surface area contributed by atoms with E-state index in [0.717, 1.165) is 94.2 Å². The molecule has 0 saturated carbocycles. The van der Waals surface area contributed by atoms with E-state index in [2.05, 4.69) is 114 Å². The summed E-state index contributed by atoms with van der Waals surface area (Å²) in [6.07, 6.45) is 17.4. The van der Waals surface area contributed by atoms with Gasteiger partial charge in [0.1, 0.15) is 11.5 Å². The van der Waals surface area contributed by atoms with Gasteiger partial charge < -0.3 is 19.1 Å². The fraction of sp³-hybridized carbons (Fsp3) is 0.134. The fourth-order valence-corrected chi connectivity index (χ4v) is 13.1. The molecule has 0 aliphatic carbocycles. The standard InChI is InChI=1S/C67H53N3O5S2/c71-61(74-53-29-26-48(27-30-53)47-16-6-1-7-17-47)38-41-70-39-36-46(37-40-70)45-73-62(72)44-67(75-54-24-14-5-15-25-54)43-55-42-52-28-31-56(68-52)63(49-18-8-2-9-19-49)59-34-35-60(77-59)64(50-20-10-3-11-21-50)57-32-33-58(69-57)65(66(67)76-55)51-22-12-4-13-23-51/h1-35,38,41-43,46,66H,36-37,39-40,44-45H2/b41-38+,52-42-,63-59-,64-60-,65-58-. The van der Waals surface area contributed by atoms with Crippen LogP contribution in [0.25, 0.3) is 27.8 Å². The monoisotopic (exact) mass is 1040 g/mol. The van der Waals surface area contributed by atoms with Gasteiger partial charge in [-0.1, -0.05) is 152 Å². The highest BCUT2D eigenvalue weighted by molar-refractivity contribution is 8.04. The number of ether oxygens (including phenoxy) is 3. The van der Waals surface area contributed by atoms with Gasteiger partial charge in [-0.3, -0.25) is 4.79 Å². The Bertz CT molecular complexity index is 3720. The molecule has 1 saturated heterocycles. The lowest BCUT2D eigenvalue weighted by atomic mass is 9.85. The number of aliphatic imine (C=N–C) groups is 2. The van der Waals surface area contributed by atoms with Crippen LogP contribution in [0.4, 0.5) is 0 Å². The summed E-state index contributed by atoms with van der Waals surface area (Å²) in [6, 6.07) is 63.0. The number of piperidine rings is 1. The first-order valence-electron chi connectivity index (χ1n) is 26.0. The predicted octanol–water partition coefficient (Wildman–Crippen LogP) is 12.7. The lowest BCUT2D eigenvalue weighted by molar-refractivity contribution is -0.148. The Morgan fingerprint density at radius 1 is 0.597 bits per heavy atom. The Kier molecular flexibility index (Phi) is 14.3. The van der Waals surface area contributed by atoms with E-state index in [0.29, 0.717) is 24.6 Å². The summed E-state index contributed by atoms with van der Waals surface area (Å²) < 4.78 is 21.4.